The van der Waals surface area contributed by atoms with Gasteiger partial charge in [0.25, 0.3) is 5.91 Å². The second-order valence-corrected chi connectivity index (χ2v) is 9.82. The lowest BCUT2D eigenvalue weighted by Crippen LogP contribution is -2.35. The van der Waals surface area contributed by atoms with Gasteiger partial charge < -0.3 is 20.1 Å². The van der Waals surface area contributed by atoms with Crippen LogP contribution in [0.4, 0.5) is 11.4 Å². The van der Waals surface area contributed by atoms with Gasteiger partial charge in [0.2, 0.25) is 0 Å². The summed E-state index contributed by atoms with van der Waals surface area (Å²) in [7, 11) is 0. The normalized spacial score (nSPS) is 13.9. The van der Waals surface area contributed by atoms with Crippen LogP contribution < -0.4 is 15.0 Å². The van der Waals surface area contributed by atoms with Crippen molar-refractivity contribution in [2.75, 3.05) is 23.3 Å². The van der Waals surface area contributed by atoms with Crippen LogP contribution in [0.3, 0.4) is 0 Å². The first-order valence-electron chi connectivity index (χ1n) is 13.2. The molecule has 39 heavy (non-hydrogen) atoms. The molecular weight excluding hydrogens is 488 g/mol. The molecule has 1 aliphatic heterocycles. The van der Waals surface area contributed by atoms with Crippen LogP contribution >= 0.6 is 0 Å². The molecule has 7 nitrogen and oxygen atoms in total. The van der Waals surface area contributed by atoms with E-state index in [1.165, 1.54) is 0 Å². The van der Waals surface area contributed by atoms with Crippen LogP contribution in [0.15, 0.2) is 103 Å². The zero-order valence-corrected chi connectivity index (χ0v) is 21.5. The van der Waals surface area contributed by atoms with E-state index in [2.05, 4.69) is 15.3 Å². The number of hydrogen-bond donors (Lipinski definition) is 2. The van der Waals surface area contributed by atoms with Gasteiger partial charge in [-0.2, -0.15) is 5.10 Å². The zero-order chi connectivity index (χ0) is 26.6. The summed E-state index contributed by atoms with van der Waals surface area (Å²) in [5.74, 6) is 0.641. The lowest BCUT2D eigenvalue weighted by molar-refractivity contribution is 0.102. The number of nitrogens with one attached hydrogen (secondary N) is 1. The van der Waals surface area contributed by atoms with E-state index in [1.807, 2.05) is 108 Å². The molecule has 7 heteroatoms. The number of rotatable bonds is 7. The largest absolute Gasteiger partial charge is 0.489 e. The van der Waals surface area contributed by atoms with Crippen LogP contribution in [0, 0.1) is 0 Å². The molecule has 0 aliphatic carbocycles. The first-order chi connectivity index (χ1) is 19.1. The summed E-state index contributed by atoms with van der Waals surface area (Å²) in [4.78, 5) is 15.1. The average Bonchev–Trinajstić information content (AvgIpc) is 3.41. The van der Waals surface area contributed by atoms with Crippen molar-refractivity contribution < 1.29 is 14.6 Å². The van der Waals surface area contributed by atoms with Gasteiger partial charge in [-0.3, -0.25) is 4.79 Å². The third-order valence-corrected chi connectivity index (χ3v) is 7.12. The summed E-state index contributed by atoms with van der Waals surface area (Å²) >= 11 is 0. The molecule has 1 fully saturated rings. The van der Waals surface area contributed by atoms with Crippen molar-refractivity contribution in [2.45, 2.75) is 25.6 Å². The van der Waals surface area contributed by atoms with E-state index in [0.717, 1.165) is 59.5 Å². The Bertz CT molecular complexity index is 1560. The highest BCUT2D eigenvalue weighted by atomic mass is 16.5. The van der Waals surface area contributed by atoms with Crippen molar-refractivity contribution in [3.63, 3.8) is 0 Å². The predicted molar refractivity (Wildman–Crippen MR) is 154 cm³/mol. The molecule has 2 N–H and O–H groups in total. The zero-order valence-electron chi connectivity index (χ0n) is 21.5. The maximum Gasteiger partial charge on any atom is 0.255 e. The number of fused-ring (bicyclic) bond motifs is 1. The molecule has 0 spiro atoms. The molecule has 0 unspecified atom stereocenters. The molecule has 196 valence electrons. The third-order valence-electron chi connectivity index (χ3n) is 7.12. The van der Waals surface area contributed by atoms with Crippen molar-refractivity contribution in [2.24, 2.45) is 0 Å². The van der Waals surface area contributed by atoms with Crippen molar-refractivity contribution in [3.8, 4) is 11.4 Å². The first kappa shape index (κ1) is 24.7. The number of hydrogen-bond acceptors (Lipinski definition) is 5. The fourth-order valence-electron chi connectivity index (χ4n) is 4.88. The summed E-state index contributed by atoms with van der Waals surface area (Å²) in [6.45, 7) is 2.17. The quantitative estimate of drug-likeness (QED) is 0.284. The third kappa shape index (κ3) is 5.63. The van der Waals surface area contributed by atoms with Crippen LogP contribution in [0.5, 0.6) is 5.75 Å². The highest BCUT2D eigenvalue weighted by Gasteiger charge is 2.17. The van der Waals surface area contributed by atoms with E-state index >= 15 is 0 Å². The molecule has 1 saturated heterocycles. The molecule has 4 aromatic carbocycles. The van der Waals surface area contributed by atoms with Crippen molar-refractivity contribution >= 4 is 28.2 Å². The second-order valence-electron chi connectivity index (χ2n) is 9.82. The highest BCUT2D eigenvalue weighted by molar-refractivity contribution is 6.04. The second kappa shape index (κ2) is 11.0. The van der Waals surface area contributed by atoms with Gasteiger partial charge in [-0.05, 0) is 85.1 Å². The summed E-state index contributed by atoms with van der Waals surface area (Å²) in [6.07, 6.45) is 3.17. The lowest BCUT2D eigenvalue weighted by atomic mass is 10.1. The van der Waals surface area contributed by atoms with Gasteiger partial charge in [0.15, 0.2) is 0 Å². The smallest absolute Gasteiger partial charge is 0.255 e. The van der Waals surface area contributed by atoms with E-state index < -0.39 is 0 Å². The van der Waals surface area contributed by atoms with E-state index in [9.17, 15) is 9.90 Å². The Morgan fingerprint density at radius 2 is 1.62 bits per heavy atom. The van der Waals surface area contributed by atoms with Gasteiger partial charge in [-0.1, -0.05) is 30.3 Å². The maximum atomic E-state index is 12.8. The van der Waals surface area contributed by atoms with Gasteiger partial charge in [0.05, 0.1) is 23.5 Å². The molecule has 1 aromatic heterocycles. The van der Waals surface area contributed by atoms with Gasteiger partial charge in [0.1, 0.15) is 12.4 Å². The Labute approximate surface area is 227 Å². The number of aromatic nitrogens is 2. The van der Waals surface area contributed by atoms with Gasteiger partial charge in [-0.15, -0.1) is 0 Å². The molecule has 0 bridgehead atoms. The monoisotopic (exact) mass is 518 g/mol. The van der Waals surface area contributed by atoms with E-state index in [0.29, 0.717) is 17.9 Å². The van der Waals surface area contributed by atoms with Crippen molar-refractivity contribution in [3.05, 3.63) is 114 Å². The number of ether oxygens (including phenoxy) is 1. The van der Waals surface area contributed by atoms with Crippen LogP contribution in [-0.4, -0.2) is 40.0 Å². The van der Waals surface area contributed by atoms with Crippen LogP contribution in [0.2, 0.25) is 0 Å². The highest BCUT2D eigenvalue weighted by Crippen LogP contribution is 2.25. The molecular formula is C32H30N4O3. The Hall–Kier alpha value is -4.62. The standard InChI is InChI=1S/C32H30N4O3/c37-29-16-18-35(19-17-29)27-10-6-24(7-11-27)32(38)34-26-8-12-28(13-9-26)36-31-15-14-30(20-25(31)21-33-36)39-22-23-4-2-1-3-5-23/h1-15,20-21,29,37H,16-19,22H2,(H,34,38). The Morgan fingerprint density at radius 1 is 0.897 bits per heavy atom. The minimum atomic E-state index is -0.206. The number of piperidine rings is 1. The summed E-state index contributed by atoms with van der Waals surface area (Å²) < 4.78 is 7.83. The molecule has 6 rings (SSSR count). The van der Waals surface area contributed by atoms with Crippen LogP contribution in [0.1, 0.15) is 28.8 Å². The average molecular weight is 519 g/mol. The van der Waals surface area contributed by atoms with E-state index in [4.69, 9.17) is 4.74 Å². The maximum absolute atomic E-state index is 12.8. The molecule has 1 amide bonds. The molecule has 0 saturated carbocycles. The number of carbonyl (C=O) groups excluding carboxylic acids is 1. The minimum Gasteiger partial charge on any atom is -0.489 e. The first-order valence-corrected chi connectivity index (χ1v) is 13.2. The van der Waals surface area contributed by atoms with Gasteiger partial charge in [0, 0.05) is 35.4 Å². The van der Waals surface area contributed by atoms with E-state index in [1.54, 1.807) is 0 Å². The number of carbonyl (C=O) groups is 1. The number of anilines is 2. The van der Waals surface area contributed by atoms with Gasteiger partial charge >= 0.3 is 0 Å². The number of nitrogens with zero attached hydrogens (tertiary/aromatic N) is 3. The summed E-state index contributed by atoms with van der Waals surface area (Å²) in [5, 5.41) is 18.3. The van der Waals surface area contributed by atoms with Gasteiger partial charge in [-0.25, -0.2) is 4.68 Å². The van der Waals surface area contributed by atoms with Crippen molar-refractivity contribution in [1.29, 1.82) is 0 Å². The Morgan fingerprint density at radius 3 is 2.36 bits per heavy atom. The SMILES string of the molecule is O=C(Nc1ccc(-n2ncc3cc(OCc4ccccc4)ccc32)cc1)c1ccc(N2CCC(O)CC2)cc1. The predicted octanol–water partition coefficient (Wildman–Crippen LogP) is 5.82. The molecule has 2 heterocycles. The Kier molecular flexibility index (Phi) is 6.97. The topological polar surface area (TPSA) is 79.6 Å². The fraction of sp³-hybridized carbons (Fsp3) is 0.188. The molecule has 1 aliphatic rings. The fourth-order valence-corrected chi connectivity index (χ4v) is 4.88. The van der Waals surface area contributed by atoms with Crippen LogP contribution in [0.25, 0.3) is 16.6 Å². The Balaban J connectivity index is 1.09. The molecule has 0 atom stereocenters. The lowest BCUT2D eigenvalue weighted by Gasteiger charge is -2.31. The number of benzene rings is 4. The van der Waals surface area contributed by atoms with Crippen molar-refractivity contribution in [1.82, 2.24) is 9.78 Å². The number of amides is 1. The van der Waals surface area contributed by atoms with Crippen LogP contribution in [-0.2, 0) is 6.61 Å². The summed E-state index contributed by atoms with van der Waals surface area (Å²) in [5.41, 5.74) is 5.38. The number of aliphatic hydroxyl groups excluding tert-OH is 1. The number of aliphatic hydroxyl groups is 1. The molecule has 0 radical (unpaired) electrons. The van der Waals surface area contributed by atoms with E-state index in [-0.39, 0.29) is 12.0 Å². The minimum absolute atomic E-state index is 0.157. The summed E-state index contributed by atoms with van der Waals surface area (Å²) in [6, 6.07) is 31.3. The molecule has 5 aromatic rings.